The first-order chi connectivity index (χ1) is 15.4. The number of carbonyl (C=O) groups is 3. The van der Waals surface area contributed by atoms with Crippen molar-refractivity contribution in [2.45, 2.75) is 25.0 Å². The van der Waals surface area contributed by atoms with Crippen LogP contribution in [0.5, 0.6) is 5.75 Å². The maximum absolute atomic E-state index is 13.5. The number of fused-ring (bicyclic) bond motifs is 1. The Morgan fingerprint density at radius 1 is 1.31 bits per heavy atom. The standard InChI is InChI=1S/C23H24FN3O4S/c1-26(23(30)20-5-3-11-32-20)14-21(28)27-10-2-4-17(13-27)25-22(29)18-9-7-15-6-8-16(24)12-19(15)31-18/h2-6,8,11-12,17-18H,7,9-10,13-14H2,1H3,(H,25,29). The van der Waals surface area contributed by atoms with E-state index in [4.69, 9.17) is 4.74 Å². The third kappa shape index (κ3) is 4.99. The van der Waals surface area contributed by atoms with E-state index in [0.29, 0.717) is 36.6 Å². The molecule has 168 valence electrons. The van der Waals surface area contributed by atoms with E-state index < -0.39 is 11.9 Å². The second-order valence-electron chi connectivity index (χ2n) is 7.88. The van der Waals surface area contributed by atoms with Gasteiger partial charge in [-0.15, -0.1) is 11.3 Å². The predicted octanol–water partition coefficient (Wildman–Crippen LogP) is 2.24. The average Bonchev–Trinajstić information content (AvgIpc) is 3.33. The van der Waals surface area contributed by atoms with E-state index in [9.17, 15) is 18.8 Å². The molecule has 0 spiro atoms. The molecule has 0 bridgehead atoms. The molecule has 2 atom stereocenters. The lowest BCUT2D eigenvalue weighted by molar-refractivity contribution is -0.133. The van der Waals surface area contributed by atoms with Gasteiger partial charge in [0.2, 0.25) is 5.91 Å². The molecule has 9 heteroatoms. The van der Waals surface area contributed by atoms with E-state index in [1.165, 1.54) is 28.4 Å². The zero-order chi connectivity index (χ0) is 22.7. The van der Waals surface area contributed by atoms with Crippen molar-refractivity contribution in [3.05, 3.63) is 64.1 Å². The van der Waals surface area contributed by atoms with Crippen LogP contribution >= 0.6 is 11.3 Å². The van der Waals surface area contributed by atoms with Crippen LogP contribution < -0.4 is 10.1 Å². The zero-order valence-corrected chi connectivity index (χ0v) is 18.4. The highest BCUT2D eigenvalue weighted by atomic mass is 32.1. The van der Waals surface area contributed by atoms with Crippen molar-refractivity contribution in [1.29, 1.82) is 0 Å². The van der Waals surface area contributed by atoms with Gasteiger partial charge in [-0.1, -0.05) is 24.3 Å². The van der Waals surface area contributed by atoms with Crippen LogP contribution in [0.4, 0.5) is 4.39 Å². The first-order valence-corrected chi connectivity index (χ1v) is 11.3. The number of ether oxygens (including phenoxy) is 1. The molecule has 2 aliphatic heterocycles. The van der Waals surface area contributed by atoms with Crippen molar-refractivity contribution >= 4 is 29.1 Å². The highest BCUT2D eigenvalue weighted by Crippen LogP contribution is 2.28. The topological polar surface area (TPSA) is 79.0 Å². The van der Waals surface area contributed by atoms with Crippen LogP contribution in [0, 0.1) is 5.82 Å². The second-order valence-corrected chi connectivity index (χ2v) is 8.83. The first kappa shape index (κ1) is 22.0. The number of hydrogen-bond acceptors (Lipinski definition) is 5. The Kier molecular flexibility index (Phi) is 6.55. The Labute approximate surface area is 189 Å². The molecule has 1 N–H and O–H groups in total. The Bertz CT molecular complexity index is 1040. The van der Waals surface area contributed by atoms with Gasteiger partial charge in [0.25, 0.3) is 11.8 Å². The molecular weight excluding hydrogens is 433 g/mol. The quantitative estimate of drug-likeness (QED) is 0.699. The summed E-state index contributed by atoms with van der Waals surface area (Å²) in [4.78, 5) is 41.4. The molecule has 0 aliphatic carbocycles. The summed E-state index contributed by atoms with van der Waals surface area (Å²) in [6.07, 6.45) is 4.08. The van der Waals surface area contributed by atoms with Crippen LogP contribution in [0.15, 0.2) is 47.9 Å². The van der Waals surface area contributed by atoms with Gasteiger partial charge in [0.1, 0.15) is 11.6 Å². The lowest BCUT2D eigenvalue weighted by atomic mass is 10.0. The minimum atomic E-state index is -0.710. The number of carbonyl (C=O) groups excluding carboxylic acids is 3. The van der Waals surface area contributed by atoms with Crippen molar-refractivity contribution in [2.75, 3.05) is 26.7 Å². The predicted molar refractivity (Wildman–Crippen MR) is 118 cm³/mol. The number of halogens is 1. The van der Waals surface area contributed by atoms with Gasteiger partial charge in [0, 0.05) is 26.2 Å². The number of hydrogen-bond donors (Lipinski definition) is 1. The highest BCUT2D eigenvalue weighted by Gasteiger charge is 2.29. The van der Waals surface area contributed by atoms with Crippen molar-refractivity contribution in [2.24, 2.45) is 0 Å². The fourth-order valence-electron chi connectivity index (χ4n) is 3.79. The van der Waals surface area contributed by atoms with E-state index in [-0.39, 0.29) is 30.3 Å². The number of benzene rings is 1. The molecule has 2 aromatic rings. The van der Waals surface area contributed by atoms with E-state index in [1.54, 1.807) is 30.1 Å². The van der Waals surface area contributed by atoms with Crippen LogP contribution in [0.2, 0.25) is 0 Å². The van der Waals surface area contributed by atoms with E-state index in [2.05, 4.69) is 5.32 Å². The molecule has 0 saturated heterocycles. The van der Waals surface area contributed by atoms with Crippen LogP contribution in [-0.4, -0.2) is 66.3 Å². The fraction of sp³-hybridized carbons (Fsp3) is 0.348. The number of rotatable bonds is 5. The fourth-order valence-corrected chi connectivity index (χ4v) is 4.51. The van der Waals surface area contributed by atoms with Gasteiger partial charge in [-0.3, -0.25) is 14.4 Å². The van der Waals surface area contributed by atoms with Crippen molar-refractivity contribution in [1.82, 2.24) is 15.1 Å². The largest absolute Gasteiger partial charge is 0.480 e. The third-order valence-corrected chi connectivity index (χ3v) is 6.37. The minimum absolute atomic E-state index is 0.0423. The van der Waals surface area contributed by atoms with E-state index >= 15 is 0 Å². The van der Waals surface area contributed by atoms with Crippen molar-refractivity contribution < 1.29 is 23.5 Å². The van der Waals surface area contributed by atoms with Gasteiger partial charge in [-0.2, -0.15) is 0 Å². The minimum Gasteiger partial charge on any atom is -0.480 e. The van der Waals surface area contributed by atoms with Gasteiger partial charge in [0.15, 0.2) is 6.10 Å². The summed E-state index contributed by atoms with van der Waals surface area (Å²) in [5, 5.41) is 4.72. The normalized spacial score (nSPS) is 19.6. The molecule has 1 aromatic heterocycles. The Morgan fingerprint density at radius 2 is 2.16 bits per heavy atom. The molecule has 0 saturated carbocycles. The number of amides is 3. The Hall–Kier alpha value is -3.20. The molecule has 32 heavy (non-hydrogen) atoms. The maximum Gasteiger partial charge on any atom is 0.264 e. The van der Waals surface area contributed by atoms with Gasteiger partial charge >= 0.3 is 0 Å². The van der Waals surface area contributed by atoms with E-state index in [0.717, 1.165) is 5.56 Å². The van der Waals surface area contributed by atoms with Crippen LogP contribution in [-0.2, 0) is 16.0 Å². The van der Waals surface area contributed by atoms with Gasteiger partial charge < -0.3 is 19.9 Å². The zero-order valence-electron chi connectivity index (χ0n) is 17.6. The smallest absolute Gasteiger partial charge is 0.264 e. The van der Waals surface area contributed by atoms with Crippen molar-refractivity contribution in [3.63, 3.8) is 0 Å². The second kappa shape index (κ2) is 9.52. The number of likely N-dealkylation sites (N-methyl/N-ethyl adjacent to an activating group) is 1. The molecule has 0 fully saturated rings. The molecule has 4 rings (SSSR count). The van der Waals surface area contributed by atoms with Gasteiger partial charge in [0.05, 0.1) is 17.5 Å². The summed E-state index contributed by atoms with van der Waals surface area (Å²) < 4.78 is 19.2. The summed E-state index contributed by atoms with van der Waals surface area (Å²) in [5.41, 5.74) is 0.881. The monoisotopic (exact) mass is 457 g/mol. The summed E-state index contributed by atoms with van der Waals surface area (Å²) in [5.74, 6) is -0.701. The third-order valence-electron chi connectivity index (χ3n) is 5.51. The summed E-state index contributed by atoms with van der Waals surface area (Å²) in [7, 11) is 1.60. The van der Waals surface area contributed by atoms with Crippen LogP contribution in [0.3, 0.4) is 0 Å². The highest BCUT2D eigenvalue weighted by molar-refractivity contribution is 7.12. The lowest BCUT2D eigenvalue weighted by Gasteiger charge is -2.32. The van der Waals surface area contributed by atoms with Gasteiger partial charge in [-0.05, 0) is 35.9 Å². The Balaban J connectivity index is 1.30. The number of nitrogens with zero attached hydrogens (tertiary/aromatic N) is 2. The average molecular weight is 458 g/mol. The van der Waals surface area contributed by atoms with Crippen LogP contribution in [0.1, 0.15) is 21.7 Å². The molecule has 1 aromatic carbocycles. The van der Waals surface area contributed by atoms with Gasteiger partial charge in [-0.25, -0.2) is 4.39 Å². The van der Waals surface area contributed by atoms with E-state index in [1.807, 2.05) is 17.5 Å². The first-order valence-electron chi connectivity index (χ1n) is 10.4. The summed E-state index contributed by atoms with van der Waals surface area (Å²) >= 11 is 1.33. The lowest BCUT2D eigenvalue weighted by Crippen LogP contribution is -2.52. The number of thiophene rings is 1. The SMILES string of the molecule is CN(CC(=O)N1CC=CC(NC(=O)C2CCc3ccc(F)cc3O2)C1)C(=O)c1cccs1. The number of nitrogens with one attached hydrogen (secondary N) is 1. The molecule has 2 aliphatic rings. The number of aryl methyl sites for hydroxylation is 1. The molecule has 0 radical (unpaired) electrons. The molecule has 7 nitrogen and oxygen atoms in total. The van der Waals surface area contributed by atoms with Crippen LogP contribution in [0.25, 0.3) is 0 Å². The summed E-state index contributed by atoms with van der Waals surface area (Å²) in [6, 6.07) is 7.50. The molecular formula is C23H24FN3O4S. The molecule has 2 unspecified atom stereocenters. The maximum atomic E-state index is 13.5. The molecule has 3 amide bonds. The van der Waals surface area contributed by atoms with Crippen molar-refractivity contribution in [3.8, 4) is 5.75 Å². The Morgan fingerprint density at radius 3 is 2.94 bits per heavy atom. The molecule has 3 heterocycles. The summed E-state index contributed by atoms with van der Waals surface area (Å²) in [6.45, 7) is 0.679.